The van der Waals surface area contributed by atoms with Crippen LogP contribution in [0.5, 0.6) is 0 Å². The van der Waals surface area contributed by atoms with E-state index < -0.39 is 0 Å². The average molecular weight is 761 g/mol. The van der Waals surface area contributed by atoms with Crippen LogP contribution in [0.3, 0.4) is 0 Å². The second-order valence-electron chi connectivity index (χ2n) is 17.6. The summed E-state index contributed by atoms with van der Waals surface area (Å²) in [5, 5.41) is 7.56. The zero-order valence-electron chi connectivity index (χ0n) is 33.9. The SMILES string of the molecule is CC1(C)CCC(C)(C)c2cc3c(cc21)c1cc2ccccc2cc1n3-c1ccc(-c2nc(-c3ccccc3)nc(-c3ccc(-c4ccc5ccccc5c4)cc3)n2)cc1. The molecule has 2 heterocycles. The standard InChI is InChI=1S/C55H44N4/c1-54(2)28-29-55(3,4)48-34-50-46(33-47(48)54)45-31-41-16-10-11-17-42(41)32-49(45)59(50)44-26-24-39(25-27-44)53-57-51(37-13-6-5-7-14-37)56-52(58-53)38-21-18-36(19-22-38)43-23-20-35-12-8-9-15-40(35)30-43/h5-27,30-34H,28-29H2,1-4H3. The second-order valence-corrected chi connectivity index (χ2v) is 17.6. The average Bonchev–Trinajstić information content (AvgIpc) is 3.59. The lowest BCUT2D eigenvalue weighted by atomic mass is 9.63. The molecule has 1 aliphatic carbocycles. The maximum Gasteiger partial charge on any atom is 0.164 e. The lowest BCUT2D eigenvalue weighted by Gasteiger charge is -2.42. The zero-order chi connectivity index (χ0) is 39.9. The summed E-state index contributed by atoms with van der Waals surface area (Å²) in [5.41, 5.74) is 11.9. The predicted molar refractivity (Wildman–Crippen MR) is 246 cm³/mol. The van der Waals surface area contributed by atoms with Crippen molar-refractivity contribution in [3.8, 4) is 51.0 Å². The Bertz CT molecular complexity index is 3250. The minimum absolute atomic E-state index is 0.0957. The fraction of sp³-hybridized carbons (Fsp3) is 0.145. The summed E-state index contributed by atoms with van der Waals surface area (Å²) < 4.78 is 2.46. The van der Waals surface area contributed by atoms with Crippen LogP contribution in [0.15, 0.2) is 170 Å². The van der Waals surface area contributed by atoms with Crippen LogP contribution < -0.4 is 0 Å². The summed E-state index contributed by atoms with van der Waals surface area (Å²) >= 11 is 0. The number of nitrogens with zero attached hydrogens (tertiary/aromatic N) is 4. The molecule has 0 amide bonds. The smallest absolute Gasteiger partial charge is 0.164 e. The van der Waals surface area contributed by atoms with Gasteiger partial charge in [0.25, 0.3) is 0 Å². The summed E-state index contributed by atoms with van der Waals surface area (Å²) in [6.45, 7) is 9.65. The summed E-state index contributed by atoms with van der Waals surface area (Å²) in [6.07, 6.45) is 2.35. The van der Waals surface area contributed by atoms with Gasteiger partial charge in [-0.15, -0.1) is 0 Å². The highest BCUT2D eigenvalue weighted by molar-refractivity contribution is 6.14. The van der Waals surface area contributed by atoms with Crippen molar-refractivity contribution in [2.75, 3.05) is 0 Å². The number of hydrogen-bond donors (Lipinski definition) is 0. The summed E-state index contributed by atoms with van der Waals surface area (Å²) in [7, 11) is 0. The van der Waals surface area contributed by atoms with Crippen molar-refractivity contribution in [1.29, 1.82) is 0 Å². The molecule has 284 valence electrons. The van der Waals surface area contributed by atoms with Gasteiger partial charge in [0.15, 0.2) is 17.5 Å². The Morgan fingerprint density at radius 2 is 0.814 bits per heavy atom. The molecule has 8 aromatic carbocycles. The number of fused-ring (bicyclic) bond motifs is 6. The molecule has 0 saturated heterocycles. The quantitative estimate of drug-likeness (QED) is 0.175. The van der Waals surface area contributed by atoms with E-state index in [-0.39, 0.29) is 10.8 Å². The van der Waals surface area contributed by atoms with Crippen LogP contribution >= 0.6 is 0 Å². The first-order valence-electron chi connectivity index (χ1n) is 20.7. The molecule has 0 bridgehead atoms. The lowest BCUT2D eigenvalue weighted by Crippen LogP contribution is -2.33. The highest BCUT2D eigenvalue weighted by atomic mass is 15.0. The zero-order valence-corrected chi connectivity index (χ0v) is 33.9. The van der Waals surface area contributed by atoms with Crippen molar-refractivity contribution >= 4 is 43.4 Å². The minimum Gasteiger partial charge on any atom is -0.309 e. The first kappa shape index (κ1) is 35.3. The maximum absolute atomic E-state index is 5.12. The van der Waals surface area contributed by atoms with Gasteiger partial charge in [-0.2, -0.15) is 0 Å². The minimum atomic E-state index is 0.0957. The molecule has 0 spiro atoms. The molecule has 0 saturated carbocycles. The molecule has 0 aliphatic heterocycles. The highest BCUT2D eigenvalue weighted by Crippen LogP contribution is 2.49. The third-order valence-electron chi connectivity index (χ3n) is 12.9. The normalized spacial score (nSPS) is 14.6. The Balaban J connectivity index is 1.03. The van der Waals surface area contributed by atoms with E-state index in [1.807, 2.05) is 18.2 Å². The van der Waals surface area contributed by atoms with Gasteiger partial charge >= 0.3 is 0 Å². The Hall–Kier alpha value is -6.91. The van der Waals surface area contributed by atoms with Gasteiger partial charge in [0.2, 0.25) is 0 Å². The molecule has 4 nitrogen and oxygen atoms in total. The molecule has 2 aromatic heterocycles. The van der Waals surface area contributed by atoms with Crippen molar-refractivity contribution in [3.63, 3.8) is 0 Å². The van der Waals surface area contributed by atoms with Crippen LogP contribution in [0.1, 0.15) is 51.7 Å². The van der Waals surface area contributed by atoms with Gasteiger partial charge in [-0.25, -0.2) is 15.0 Å². The lowest BCUT2D eigenvalue weighted by molar-refractivity contribution is 0.332. The van der Waals surface area contributed by atoms with E-state index in [1.54, 1.807) is 0 Å². The first-order chi connectivity index (χ1) is 28.7. The van der Waals surface area contributed by atoms with Crippen molar-refractivity contribution in [3.05, 3.63) is 181 Å². The molecule has 10 aromatic rings. The van der Waals surface area contributed by atoms with E-state index in [0.717, 1.165) is 27.9 Å². The van der Waals surface area contributed by atoms with E-state index in [1.165, 1.54) is 72.9 Å². The molecule has 0 fully saturated rings. The van der Waals surface area contributed by atoms with Crippen LogP contribution in [0.2, 0.25) is 0 Å². The van der Waals surface area contributed by atoms with Crippen LogP contribution in [0, 0.1) is 0 Å². The number of rotatable bonds is 5. The predicted octanol–water partition coefficient (Wildman–Crippen LogP) is 14.3. The fourth-order valence-electron chi connectivity index (χ4n) is 9.33. The second kappa shape index (κ2) is 13.3. The largest absolute Gasteiger partial charge is 0.309 e. The van der Waals surface area contributed by atoms with Crippen LogP contribution in [0.4, 0.5) is 0 Å². The van der Waals surface area contributed by atoms with Crippen molar-refractivity contribution < 1.29 is 0 Å². The third kappa shape index (κ3) is 6.01. The Labute approximate surface area is 344 Å². The molecule has 0 N–H and O–H groups in total. The van der Waals surface area contributed by atoms with E-state index in [2.05, 4.69) is 184 Å². The first-order valence-corrected chi connectivity index (χ1v) is 20.7. The maximum atomic E-state index is 5.12. The summed E-state index contributed by atoms with van der Waals surface area (Å²) in [6, 6.07) is 61.1. The van der Waals surface area contributed by atoms with Gasteiger partial charge in [0.05, 0.1) is 11.0 Å². The monoisotopic (exact) mass is 760 g/mol. The van der Waals surface area contributed by atoms with Gasteiger partial charge in [0, 0.05) is 33.2 Å². The highest BCUT2D eigenvalue weighted by Gasteiger charge is 2.38. The molecule has 0 atom stereocenters. The van der Waals surface area contributed by atoms with Crippen LogP contribution in [0.25, 0.3) is 94.3 Å². The van der Waals surface area contributed by atoms with Crippen LogP contribution in [-0.2, 0) is 10.8 Å². The summed E-state index contributed by atoms with van der Waals surface area (Å²) in [4.78, 5) is 15.2. The Morgan fingerprint density at radius 1 is 0.373 bits per heavy atom. The number of hydrogen-bond acceptors (Lipinski definition) is 3. The molecular formula is C55H44N4. The van der Waals surface area contributed by atoms with E-state index in [4.69, 9.17) is 15.0 Å². The van der Waals surface area contributed by atoms with E-state index in [0.29, 0.717) is 17.5 Å². The fourth-order valence-corrected chi connectivity index (χ4v) is 9.33. The molecule has 0 unspecified atom stereocenters. The topological polar surface area (TPSA) is 43.6 Å². The molecule has 0 radical (unpaired) electrons. The van der Waals surface area contributed by atoms with Gasteiger partial charge in [0.1, 0.15) is 0 Å². The molecule has 1 aliphatic rings. The van der Waals surface area contributed by atoms with Crippen LogP contribution in [-0.4, -0.2) is 19.5 Å². The summed E-state index contributed by atoms with van der Waals surface area (Å²) in [5.74, 6) is 1.94. The Kier molecular flexibility index (Phi) is 7.96. The van der Waals surface area contributed by atoms with Gasteiger partial charge in [-0.1, -0.05) is 143 Å². The molecule has 4 heteroatoms. The number of benzene rings is 8. The van der Waals surface area contributed by atoms with Gasteiger partial charge < -0.3 is 4.57 Å². The Morgan fingerprint density at radius 3 is 1.44 bits per heavy atom. The van der Waals surface area contributed by atoms with E-state index >= 15 is 0 Å². The van der Waals surface area contributed by atoms with Gasteiger partial charge in [-0.05, 0) is 122 Å². The van der Waals surface area contributed by atoms with E-state index in [9.17, 15) is 0 Å². The number of aromatic nitrogens is 4. The molecule has 59 heavy (non-hydrogen) atoms. The van der Waals surface area contributed by atoms with Crippen molar-refractivity contribution in [1.82, 2.24) is 19.5 Å². The van der Waals surface area contributed by atoms with Gasteiger partial charge in [-0.3, -0.25) is 0 Å². The third-order valence-corrected chi connectivity index (χ3v) is 12.9. The molecule has 11 rings (SSSR count). The van der Waals surface area contributed by atoms with Crippen molar-refractivity contribution in [2.24, 2.45) is 0 Å². The van der Waals surface area contributed by atoms with Crippen molar-refractivity contribution in [2.45, 2.75) is 51.4 Å². The molecular weight excluding hydrogens is 717 g/mol.